The minimum atomic E-state index is -0.376. The van der Waals surface area contributed by atoms with Crippen molar-refractivity contribution in [3.05, 3.63) is 41.1 Å². The maximum atomic E-state index is 12.6. The normalized spacial score (nSPS) is 13.3. The number of rotatable bonds is 4. The van der Waals surface area contributed by atoms with Gasteiger partial charge in [-0.2, -0.15) is 0 Å². The molecule has 0 aliphatic carbocycles. The highest BCUT2D eigenvalue weighted by atomic mass is 16.5. The quantitative estimate of drug-likeness (QED) is 0.912. The van der Waals surface area contributed by atoms with Gasteiger partial charge in [0.15, 0.2) is 0 Å². The first-order valence-corrected chi connectivity index (χ1v) is 8.25. The van der Waals surface area contributed by atoms with E-state index in [1.807, 2.05) is 19.1 Å². The maximum absolute atomic E-state index is 12.6. The minimum Gasteiger partial charge on any atom is -0.479 e. The van der Waals surface area contributed by atoms with E-state index in [2.05, 4.69) is 16.5 Å². The van der Waals surface area contributed by atoms with Gasteiger partial charge in [-0.1, -0.05) is 17.7 Å². The van der Waals surface area contributed by atoms with Gasteiger partial charge in [0.2, 0.25) is 11.8 Å². The molecule has 0 atom stereocenters. The third kappa shape index (κ3) is 3.50. The lowest BCUT2D eigenvalue weighted by molar-refractivity contribution is -0.117. The monoisotopic (exact) mass is 342 g/mol. The summed E-state index contributed by atoms with van der Waals surface area (Å²) in [5, 5.41) is 6.71. The number of hydrogen-bond acceptors (Lipinski definition) is 4. The number of fused-ring (bicyclic) bond motifs is 1. The topological polar surface area (TPSA) is 76.5 Å². The van der Waals surface area contributed by atoms with Crippen molar-refractivity contribution in [2.24, 2.45) is 7.05 Å². The average molecular weight is 342 g/mol. The largest absolute Gasteiger partial charge is 0.479 e. The summed E-state index contributed by atoms with van der Waals surface area (Å²) < 4.78 is 6.58. The molecule has 3 rings (SSSR count). The summed E-state index contributed by atoms with van der Waals surface area (Å²) >= 11 is 0. The zero-order valence-electron chi connectivity index (χ0n) is 14.7. The van der Waals surface area contributed by atoms with Crippen molar-refractivity contribution in [1.29, 1.82) is 0 Å². The van der Waals surface area contributed by atoms with Crippen LogP contribution in [0.2, 0.25) is 0 Å². The highest BCUT2D eigenvalue weighted by molar-refractivity contribution is 6.01. The van der Waals surface area contributed by atoms with Crippen LogP contribution in [0.4, 0.5) is 5.69 Å². The second-order valence-corrected chi connectivity index (χ2v) is 6.19. The predicted molar refractivity (Wildman–Crippen MR) is 93.9 cm³/mol. The molecule has 1 aromatic carbocycles. The number of ether oxygens (including phenoxy) is 1. The van der Waals surface area contributed by atoms with Crippen LogP contribution in [0.3, 0.4) is 0 Å². The molecule has 0 spiro atoms. The van der Waals surface area contributed by atoms with E-state index in [0.717, 1.165) is 18.5 Å². The fraction of sp³-hybridized carbons (Fsp3) is 0.389. The van der Waals surface area contributed by atoms with E-state index >= 15 is 0 Å². The Balaban J connectivity index is 1.68. The number of aryl methyl sites for hydroxylation is 3. The smallest absolute Gasteiger partial charge is 0.258 e. The Morgan fingerprint density at radius 3 is 2.92 bits per heavy atom. The van der Waals surface area contributed by atoms with Gasteiger partial charge in [-0.15, -0.1) is 5.10 Å². The minimum absolute atomic E-state index is 0.0653. The van der Waals surface area contributed by atoms with E-state index in [9.17, 15) is 9.59 Å². The molecule has 0 bridgehead atoms. The third-order valence-corrected chi connectivity index (χ3v) is 4.29. The summed E-state index contributed by atoms with van der Waals surface area (Å²) in [4.78, 5) is 26.6. The van der Waals surface area contributed by atoms with Crippen LogP contribution >= 0.6 is 0 Å². The number of benzene rings is 1. The van der Waals surface area contributed by atoms with E-state index in [4.69, 9.17) is 4.74 Å². The maximum Gasteiger partial charge on any atom is 0.258 e. The number of nitrogens with one attached hydrogen (secondary N) is 1. The lowest BCUT2D eigenvalue weighted by Crippen LogP contribution is -2.42. The molecule has 2 amide bonds. The number of carbonyl (C=O) groups is 2. The van der Waals surface area contributed by atoms with Crippen molar-refractivity contribution < 1.29 is 14.3 Å². The Labute approximate surface area is 146 Å². The first-order chi connectivity index (χ1) is 12.0. The van der Waals surface area contributed by atoms with E-state index < -0.39 is 0 Å². The first kappa shape index (κ1) is 17.0. The number of anilines is 1. The van der Waals surface area contributed by atoms with Gasteiger partial charge in [0.1, 0.15) is 5.56 Å². The highest BCUT2D eigenvalue weighted by Crippen LogP contribution is 2.27. The van der Waals surface area contributed by atoms with Crippen LogP contribution < -0.4 is 15.0 Å². The molecule has 7 nitrogen and oxygen atoms in total. The molecule has 1 aromatic heterocycles. The van der Waals surface area contributed by atoms with E-state index in [1.165, 1.54) is 22.9 Å². The highest BCUT2D eigenvalue weighted by Gasteiger charge is 2.24. The summed E-state index contributed by atoms with van der Waals surface area (Å²) in [5.41, 5.74) is 3.62. The SMILES string of the molecule is COc1nn(C)cc1C(=O)NCC(=O)N1CCCc2cc(C)ccc21. The molecule has 2 aromatic rings. The Hall–Kier alpha value is -2.83. The van der Waals surface area contributed by atoms with Crippen molar-refractivity contribution >= 4 is 17.5 Å². The third-order valence-electron chi connectivity index (χ3n) is 4.29. The molecular weight excluding hydrogens is 320 g/mol. The van der Waals surface area contributed by atoms with Crippen molar-refractivity contribution in [2.75, 3.05) is 25.1 Å². The summed E-state index contributed by atoms with van der Waals surface area (Å²) in [6, 6.07) is 6.10. The molecular formula is C18H22N4O3. The van der Waals surface area contributed by atoms with Crippen LogP contribution in [0.1, 0.15) is 27.9 Å². The molecule has 2 heterocycles. The van der Waals surface area contributed by atoms with Gasteiger partial charge >= 0.3 is 0 Å². The van der Waals surface area contributed by atoms with E-state index in [-0.39, 0.29) is 24.2 Å². The molecule has 0 unspecified atom stereocenters. The number of nitrogens with zero attached hydrogens (tertiary/aromatic N) is 3. The van der Waals surface area contributed by atoms with Crippen molar-refractivity contribution in [3.8, 4) is 5.88 Å². The Morgan fingerprint density at radius 2 is 2.16 bits per heavy atom. The molecule has 0 radical (unpaired) electrons. The van der Waals surface area contributed by atoms with Gasteiger partial charge in [0.05, 0.1) is 13.7 Å². The van der Waals surface area contributed by atoms with Gasteiger partial charge in [0.25, 0.3) is 5.91 Å². The van der Waals surface area contributed by atoms with E-state index in [1.54, 1.807) is 18.1 Å². The molecule has 1 aliphatic rings. The Bertz CT molecular complexity index is 813. The molecule has 0 saturated carbocycles. The molecule has 132 valence electrons. The summed E-state index contributed by atoms with van der Waals surface area (Å²) in [6.07, 6.45) is 3.46. The molecule has 7 heteroatoms. The molecule has 1 N–H and O–H groups in total. The van der Waals surface area contributed by atoms with Gasteiger partial charge in [-0.05, 0) is 31.4 Å². The summed E-state index contributed by atoms with van der Waals surface area (Å²) in [7, 11) is 3.16. The zero-order chi connectivity index (χ0) is 18.0. The number of hydrogen-bond donors (Lipinski definition) is 1. The van der Waals surface area contributed by atoms with Crippen LogP contribution in [0.5, 0.6) is 5.88 Å². The standard InChI is InChI=1S/C18H22N4O3/c1-12-6-7-15-13(9-12)5-4-8-22(15)16(23)10-19-17(24)14-11-21(2)20-18(14)25-3/h6-7,9,11H,4-5,8,10H2,1-3H3,(H,19,24). The van der Waals surface area contributed by atoms with Crippen LogP contribution in [-0.2, 0) is 18.3 Å². The van der Waals surface area contributed by atoms with Gasteiger partial charge in [-0.25, -0.2) is 0 Å². The van der Waals surface area contributed by atoms with Crippen LogP contribution in [0.15, 0.2) is 24.4 Å². The number of amides is 2. The van der Waals surface area contributed by atoms with Crippen molar-refractivity contribution in [2.45, 2.75) is 19.8 Å². The van der Waals surface area contributed by atoms with Gasteiger partial charge in [-0.3, -0.25) is 14.3 Å². The van der Waals surface area contributed by atoms with Crippen LogP contribution in [0, 0.1) is 6.92 Å². The van der Waals surface area contributed by atoms with Crippen LogP contribution in [-0.4, -0.2) is 41.8 Å². The molecule has 0 fully saturated rings. The summed E-state index contributed by atoms with van der Waals surface area (Å²) in [6.45, 7) is 2.65. The molecule has 1 aliphatic heterocycles. The number of aromatic nitrogens is 2. The second-order valence-electron chi connectivity index (χ2n) is 6.19. The Morgan fingerprint density at radius 1 is 1.36 bits per heavy atom. The average Bonchev–Trinajstić information content (AvgIpc) is 2.99. The molecule has 0 saturated heterocycles. The predicted octanol–water partition coefficient (Wildman–Crippen LogP) is 1.45. The Kier molecular flexibility index (Phi) is 4.74. The van der Waals surface area contributed by atoms with Crippen molar-refractivity contribution in [3.63, 3.8) is 0 Å². The zero-order valence-corrected chi connectivity index (χ0v) is 14.7. The van der Waals surface area contributed by atoms with Crippen molar-refractivity contribution in [1.82, 2.24) is 15.1 Å². The lowest BCUT2D eigenvalue weighted by atomic mass is 9.99. The molecule has 25 heavy (non-hydrogen) atoms. The second kappa shape index (κ2) is 6.96. The van der Waals surface area contributed by atoms with Gasteiger partial charge < -0.3 is 15.0 Å². The van der Waals surface area contributed by atoms with Crippen LogP contribution in [0.25, 0.3) is 0 Å². The first-order valence-electron chi connectivity index (χ1n) is 8.25. The van der Waals surface area contributed by atoms with Gasteiger partial charge in [0, 0.05) is 25.5 Å². The summed E-state index contributed by atoms with van der Waals surface area (Å²) in [5.74, 6) is -0.258. The number of carbonyl (C=O) groups excluding carboxylic acids is 2. The fourth-order valence-corrected chi connectivity index (χ4v) is 3.11. The lowest BCUT2D eigenvalue weighted by Gasteiger charge is -2.30. The fourth-order valence-electron chi connectivity index (χ4n) is 3.11. The number of methoxy groups -OCH3 is 1. The van der Waals surface area contributed by atoms with E-state index in [0.29, 0.717) is 12.1 Å².